The monoisotopic (exact) mass is 515 g/mol. The van der Waals surface area contributed by atoms with E-state index in [2.05, 4.69) is 0 Å². The maximum absolute atomic E-state index is 13.8. The first kappa shape index (κ1) is 24.4. The van der Waals surface area contributed by atoms with Crippen molar-refractivity contribution in [3.05, 3.63) is 93.5 Å². The number of nitro groups is 1. The van der Waals surface area contributed by atoms with Crippen LogP contribution < -0.4 is 9.26 Å². The van der Waals surface area contributed by atoms with E-state index in [9.17, 15) is 14.9 Å². The molecular weight excluding hydrogens is 493 g/mol. The standard InChI is InChI=1S/C24H22NO6PS2/c1-3-16-8-7-11-21-22(16)23(19-9-5-6-10-20(19)30-21)24(26)34-32(33,29-4-2)31-18-14-12-17(13-15-18)25(27)28/h5-15,23H,3-4H2,1-2H3. The molecule has 0 aromatic heterocycles. The lowest BCUT2D eigenvalue weighted by Gasteiger charge is -2.30. The smallest absolute Gasteiger partial charge is 0.305 e. The number of carbonyl (C=O) groups excluding carboxylic acids is 1. The highest BCUT2D eigenvalue weighted by atomic mass is 32.9. The van der Waals surface area contributed by atoms with Crippen molar-refractivity contribution in [1.29, 1.82) is 0 Å². The maximum atomic E-state index is 13.8. The molecule has 0 fully saturated rings. The summed E-state index contributed by atoms with van der Waals surface area (Å²) in [7, 11) is 0. The van der Waals surface area contributed by atoms with Gasteiger partial charge in [-0.05, 0) is 55.0 Å². The molecule has 0 N–H and O–H groups in total. The Morgan fingerprint density at radius 2 is 1.79 bits per heavy atom. The molecule has 0 radical (unpaired) electrons. The fourth-order valence-corrected chi connectivity index (χ4v) is 8.26. The van der Waals surface area contributed by atoms with Gasteiger partial charge in [-0.15, -0.1) is 0 Å². The van der Waals surface area contributed by atoms with Gasteiger partial charge in [-0.1, -0.05) is 37.3 Å². The van der Waals surface area contributed by atoms with Crippen molar-refractivity contribution in [2.75, 3.05) is 6.61 Å². The molecule has 10 heteroatoms. The summed E-state index contributed by atoms with van der Waals surface area (Å²) in [5.41, 5.74) is -0.613. The van der Waals surface area contributed by atoms with Gasteiger partial charge in [-0.3, -0.25) is 14.9 Å². The van der Waals surface area contributed by atoms with E-state index in [1.165, 1.54) is 24.3 Å². The SMILES string of the molecule is CCOP(=S)(Oc1ccc([N+](=O)[O-])cc1)SC(=O)C1c2ccccc2Oc2cccc(CC)c21. The number of hydrogen-bond donors (Lipinski definition) is 0. The van der Waals surface area contributed by atoms with Crippen molar-refractivity contribution in [3.63, 3.8) is 0 Å². The summed E-state index contributed by atoms with van der Waals surface area (Å²) in [5, 5.41) is 10.7. The van der Waals surface area contributed by atoms with E-state index in [1.54, 1.807) is 6.92 Å². The summed E-state index contributed by atoms with van der Waals surface area (Å²) in [5.74, 6) is 0.996. The molecule has 3 aromatic carbocycles. The van der Waals surface area contributed by atoms with Crippen LogP contribution in [0.15, 0.2) is 66.7 Å². The zero-order chi connectivity index (χ0) is 24.3. The second kappa shape index (κ2) is 10.3. The lowest BCUT2D eigenvalue weighted by atomic mass is 9.85. The number of aryl methyl sites for hydroxylation is 1. The molecule has 7 nitrogen and oxygen atoms in total. The average Bonchev–Trinajstić information content (AvgIpc) is 2.82. The molecule has 1 aliphatic heterocycles. The third kappa shape index (κ3) is 5.03. The topological polar surface area (TPSA) is 87.9 Å². The van der Waals surface area contributed by atoms with Gasteiger partial charge in [0.2, 0.25) is 5.12 Å². The molecular formula is C24H22NO6PS2. The van der Waals surface area contributed by atoms with Crippen molar-refractivity contribution < 1.29 is 23.5 Å². The van der Waals surface area contributed by atoms with E-state index in [0.29, 0.717) is 17.2 Å². The Bertz CT molecular complexity index is 1280. The Morgan fingerprint density at radius 3 is 2.47 bits per heavy atom. The number of nitro benzene ring substituents is 1. The molecule has 0 spiro atoms. The normalized spacial score (nSPS) is 15.9. The van der Waals surface area contributed by atoms with Gasteiger partial charge >= 0.3 is 5.69 Å². The summed E-state index contributed by atoms with van der Waals surface area (Å²) in [4.78, 5) is 24.3. The summed E-state index contributed by atoms with van der Waals surface area (Å²) >= 11 is 6.60. The van der Waals surface area contributed by atoms with Gasteiger partial charge in [0.1, 0.15) is 17.2 Å². The number of para-hydroxylation sites is 1. The van der Waals surface area contributed by atoms with Crippen LogP contribution in [-0.2, 0) is 27.5 Å². The van der Waals surface area contributed by atoms with Crippen LogP contribution in [0.5, 0.6) is 17.2 Å². The Kier molecular flexibility index (Phi) is 7.38. The molecule has 0 saturated carbocycles. The van der Waals surface area contributed by atoms with Crippen molar-refractivity contribution >= 4 is 39.7 Å². The quantitative estimate of drug-likeness (QED) is 0.180. The van der Waals surface area contributed by atoms with Gasteiger partial charge < -0.3 is 13.8 Å². The lowest BCUT2D eigenvalue weighted by Crippen LogP contribution is -2.19. The molecule has 1 aliphatic rings. The fraction of sp³-hybridized carbons (Fsp3) is 0.208. The molecule has 0 aliphatic carbocycles. The van der Waals surface area contributed by atoms with Crippen molar-refractivity contribution in [2.24, 2.45) is 0 Å². The van der Waals surface area contributed by atoms with Gasteiger partial charge in [-0.25, -0.2) is 0 Å². The number of benzene rings is 3. The summed E-state index contributed by atoms with van der Waals surface area (Å²) in [6.07, 6.45) is 0.738. The molecule has 0 amide bonds. The van der Waals surface area contributed by atoms with E-state index in [1.807, 2.05) is 49.4 Å². The number of hydrogen-bond acceptors (Lipinski definition) is 8. The maximum Gasteiger partial charge on any atom is 0.305 e. The zero-order valence-corrected chi connectivity index (χ0v) is 21.0. The number of carbonyl (C=O) groups is 1. The Balaban J connectivity index is 1.68. The van der Waals surface area contributed by atoms with Crippen LogP contribution in [0, 0.1) is 10.1 Å². The number of nitrogens with zero attached hydrogens (tertiary/aromatic N) is 1. The van der Waals surface area contributed by atoms with Gasteiger partial charge in [0.15, 0.2) is 0 Å². The predicted octanol–water partition coefficient (Wildman–Crippen LogP) is 6.99. The first-order chi connectivity index (χ1) is 16.3. The molecule has 176 valence electrons. The third-order valence-electron chi connectivity index (χ3n) is 5.27. The summed E-state index contributed by atoms with van der Waals surface area (Å²) in [6.45, 7) is 4.07. The van der Waals surface area contributed by atoms with Crippen LogP contribution in [0.4, 0.5) is 5.69 Å². The average molecular weight is 516 g/mol. The van der Waals surface area contributed by atoms with Crippen molar-refractivity contribution in [2.45, 2.75) is 26.2 Å². The van der Waals surface area contributed by atoms with Gasteiger partial charge in [0.05, 0.1) is 17.4 Å². The third-order valence-corrected chi connectivity index (χ3v) is 9.87. The van der Waals surface area contributed by atoms with Gasteiger partial charge in [0.25, 0.3) is 5.69 Å². The van der Waals surface area contributed by atoms with E-state index < -0.39 is 16.5 Å². The van der Waals surface area contributed by atoms with E-state index >= 15 is 0 Å². The molecule has 0 bridgehead atoms. The molecule has 4 rings (SSSR count). The minimum Gasteiger partial charge on any atom is -0.457 e. The van der Waals surface area contributed by atoms with Crippen LogP contribution in [0.2, 0.25) is 0 Å². The minimum absolute atomic E-state index is 0.0664. The second-order valence-corrected chi connectivity index (χ2v) is 13.4. The first-order valence-corrected chi connectivity index (χ1v) is 14.7. The van der Waals surface area contributed by atoms with Crippen LogP contribution in [0.1, 0.15) is 36.5 Å². The lowest BCUT2D eigenvalue weighted by molar-refractivity contribution is -0.384. The summed E-state index contributed by atoms with van der Waals surface area (Å²) < 4.78 is 17.9. The van der Waals surface area contributed by atoms with Crippen LogP contribution in [0.25, 0.3) is 0 Å². The molecule has 2 unspecified atom stereocenters. The van der Waals surface area contributed by atoms with Crippen molar-refractivity contribution in [1.82, 2.24) is 0 Å². The van der Waals surface area contributed by atoms with Gasteiger partial charge in [-0.2, -0.15) is 0 Å². The zero-order valence-electron chi connectivity index (χ0n) is 18.5. The predicted molar refractivity (Wildman–Crippen MR) is 136 cm³/mol. The highest BCUT2D eigenvalue weighted by molar-refractivity contribution is 8.73. The van der Waals surface area contributed by atoms with Crippen molar-refractivity contribution in [3.8, 4) is 17.2 Å². The number of ether oxygens (including phenoxy) is 1. The number of non-ortho nitro benzene ring substituents is 1. The van der Waals surface area contributed by atoms with E-state index in [4.69, 9.17) is 25.6 Å². The molecule has 34 heavy (non-hydrogen) atoms. The minimum atomic E-state index is -3.16. The molecule has 3 aromatic rings. The van der Waals surface area contributed by atoms with E-state index in [-0.39, 0.29) is 17.4 Å². The highest BCUT2D eigenvalue weighted by Gasteiger charge is 2.38. The molecule has 0 saturated heterocycles. The van der Waals surface area contributed by atoms with Crippen LogP contribution in [-0.4, -0.2) is 16.6 Å². The van der Waals surface area contributed by atoms with Crippen LogP contribution in [0.3, 0.4) is 0 Å². The Labute approximate surface area is 206 Å². The number of rotatable bonds is 8. The molecule has 2 atom stereocenters. The Hall–Kier alpha value is -2.71. The number of fused-ring (bicyclic) bond motifs is 2. The van der Waals surface area contributed by atoms with E-state index in [0.717, 1.165) is 34.5 Å². The fourth-order valence-electron chi connectivity index (χ4n) is 3.80. The van der Waals surface area contributed by atoms with Gasteiger partial charge in [0, 0.05) is 34.6 Å². The second-order valence-electron chi connectivity index (χ2n) is 7.37. The Morgan fingerprint density at radius 1 is 1.09 bits per heavy atom. The highest BCUT2D eigenvalue weighted by Crippen LogP contribution is 2.63. The first-order valence-electron chi connectivity index (χ1n) is 10.7. The van der Waals surface area contributed by atoms with Crippen LogP contribution >= 0.6 is 17.1 Å². The summed E-state index contributed by atoms with van der Waals surface area (Å²) in [6, 6.07) is 18.8. The largest absolute Gasteiger partial charge is 0.457 e. The molecule has 1 heterocycles.